The zero-order valence-corrected chi connectivity index (χ0v) is 14.8. The number of aryl methyl sites for hydroxylation is 1. The molecule has 1 aromatic carbocycles. The van der Waals surface area contributed by atoms with Gasteiger partial charge in [0.2, 0.25) is 5.91 Å². The van der Waals surface area contributed by atoms with Gasteiger partial charge in [-0.05, 0) is 25.3 Å². The maximum atomic E-state index is 12.5. The van der Waals surface area contributed by atoms with E-state index in [9.17, 15) is 4.79 Å². The summed E-state index contributed by atoms with van der Waals surface area (Å²) in [5, 5.41) is 10.9. The lowest BCUT2D eigenvalue weighted by Crippen LogP contribution is -2.40. The molecule has 2 N–H and O–H groups in total. The van der Waals surface area contributed by atoms with Crippen LogP contribution >= 0.6 is 0 Å². The Morgan fingerprint density at radius 3 is 2.77 bits per heavy atom. The molecule has 3 aromatic rings. The molecule has 3 heterocycles. The van der Waals surface area contributed by atoms with Crippen LogP contribution in [0.5, 0.6) is 0 Å². The Morgan fingerprint density at radius 2 is 2.00 bits per heavy atom. The molecule has 0 aliphatic carbocycles. The van der Waals surface area contributed by atoms with Crippen molar-refractivity contribution in [3.05, 3.63) is 47.9 Å². The van der Waals surface area contributed by atoms with Gasteiger partial charge in [-0.2, -0.15) is 5.10 Å². The molecule has 2 aromatic heterocycles. The number of aromatic nitrogens is 4. The second kappa shape index (κ2) is 7.11. The molecule has 0 bridgehead atoms. The Labute approximate surface area is 151 Å². The minimum atomic E-state index is 0.0541. The highest BCUT2D eigenvalue weighted by Gasteiger charge is 2.26. The van der Waals surface area contributed by atoms with Crippen LogP contribution in [0.2, 0.25) is 0 Å². The predicted octanol–water partition coefficient (Wildman–Crippen LogP) is 2.19. The first-order valence-electron chi connectivity index (χ1n) is 8.93. The van der Waals surface area contributed by atoms with Crippen LogP contribution in [0.4, 0.5) is 5.82 Å². The van der Waals surface area contributed by atoms with Crippen molar-refractivity contribution in [1.29, 1.82) is 0 Å². The van der Waals surface area contributed by atoms with Crippen molar-refractivity contribution in [2.75, 3.05) is 18.0 Å². The van der Waals surface area contributed by atoms with E-state index in [1.807, 2.05) is 0 Å². The molecular weight excluding hydrogens is 328 g/mol. The lowest BCUT2D eigenvalue weighted by molar-refractivity contribution is -0.125. The van der Waals surface area contributed by atoms with Gasteiger partial charge in [0.25, 0.3) is 0 Å². The first-order chi connectivity index (χ1) is 12.7. The average molecular weight is 350 g/mol. The third kappa shape index (κ3) is 3.37. The molecule has 1 aliphatic rings. The van der Waals surface area contributed by atoms with Crippen molar-refractivity contribution in [3.8, 4) is 0 Å². The minimum absolute atomic E-state index is 0.0541. The van der Waals surface area contributed by atoms with Crippen molar-refractivity contribution in [1.82, 2.24) is 25.5 Å². The van der Waals surface area contributed by atoms with Crippen LogP contribution in [-0.2, 0) is 11.3 Å². The second-order valence-corrected chi connectivity index (χ2v) is 6.79. The van der Waals surface area contributed by atoms with Gasteiger partial charge in [0.1, 0.15) is 12.1 Å². The largest absolute Gasteiger partial charge is 0.356 e. The van der Waals surface area contributed by atoms with Crippen molar-refractivity contribution < 1.29 is 4.79 Å². The van der Waals surface area contributed by atoms with Gasteiger partial charge in [-0.3, -0.25) is 9.89 Å². The fourth-order valence-electron chi connectivity index (χ4n) is 3.40. The molecule has 7 nitrogen and oxygen atoms in total. The predicted molar refractivity (Wildman–Crippen MR) is 99.6 cm³/mol. The van der Waals surface area contributed by atoms with Gasteiger partial charge in [-0.1, -0.05) is 29.8 Å². The highest BCUT2D eigenvalue weighted by atomic mass is 16.1. The van der Waals surface area contributed by atoms with Gasteiger partial charge >= 0.3 is 0 Å². The number of hydrogen-bond donors (Lipinski definition) is 2. The molecular formula is C19H22N6O. The highest BCUT2D eigenvalue weighted by Crippen LogP contribution is 2.26. The van der Waals surface area contributed by atoms with Crippen molar-refractivity contribution >= 4 is 22.8 Å². The van der Waals surface area contributed by atoms with E-state index >= 15 is 0 Å². The van der Waals surface area contributed by atoms with Gasteiger partial charge in [0, 0.05) is 25.6 Å². The Balaban J connectivity index is 1.33. The highest BCUT2D eigenvalue weighted by molar-refractivity contribution is 5.86. The maximum absolute atomic E-state index is 12.5. The lowest BCUT2D eigenvalue weighted by Gasteiger charge is -2.32. The van der Waals surface area contributed by atoms with Gasteiger partial charge < -0.3 is 10.2 Å². The smallest absolute Gasteiger partial charge is 0.223 e. The number of nitrogens with one attached hydrogen (secondary N) is 2. The zero-order chi connectivity index (χ0) is 17.9. The van der Waals surface area contributed by atoms with Crippen LogP contribution in [-0.4, -0.2) is 39.2 Å². The van der Waals surface area contributed by atoms with Crippen LogP contribution < -0.4 is 10.2 Å². The van der Waals surface area contributed by atoms with Crippen LogP contribution in [0.25, 0.3) is 11.0 Å². The summed E-state index contributed by atoms with van der Waals surface area (Å²) in [6.45, 7) is 4.26. The number of fused-ring (bicyclic) bond motifs is 1. The number of benzene rings is 1. The fourth-order valence-corrected chi connectivity index (χ4v) is 3.40. The average Bonchev–Trinajstić information content (AvgIpc) is 3.16. The summed E-state index contributed by atoms with van der Waals surface area (Å²) < 4.78 is 0. The van der Waals surface area contributed by atoms with Crippen molar-refractivity contribution in [2.45, 2.75) is 26.3 Å². The second-order valence-electron chi connectivity index (χ2n) is 6.79. The topological polar surface area (TPSA) is 86.8 Å². The Morgan fingerprint density at radius 1 is 1.23 bits per heavy atom. The van der Waals surface area contributed by atoms with E-state index in [0.29, 0.717) is 6.54 Å². The molecule has 1 amide bonds. The summed E-state index contributed by atoms with van der Waals surface area (Å²) in [4.78, 5) is 23.3. The Bertz CT molecular complexity index is 896. The quantitative estimate of drug-likeness (QED) is 0.753. The number of hydrogen-bond acceptors (Lipinski definition) is 5. The fraction of sp³-hybridized carbons (Fsp3) is 0.368. The minimum Gasteiger partial charge on any atom is -0.356 e. The van der Waals surface area contributed by atoms with Gasteiger partial charge in [0.05, 0.1) is 11.6 Å². The first-order valence-corrected chi connectivity index (χ1v) is 8.93. The van der Waals surface area contributed by atoms with E-state index < -0.39 is 0 Å². The van der Waals surface area contributed by atoms with E-state index in [2.05, 4.69) is 61.6 Å². The zero-order valence-electron chi connectivity index (χ0n) is 14.8. The number of anilines is 1. The summed E-state index contributed by atoms with van der Waals surface area (Å²) in [7, 11) is 0. The molecule has 0 saturated carbocycles. The molecule has 0 unspecified atom stereocenters. The summed E-state index contributed by atoms with van der Waals surface area (Å²) in [6.07, 6.45) is 4.95. The summed E-state index contributed by atoms with van der Waals surface area (Å²) in [5.74, 6) is 1.09. The monoisotopic (exact) mass is 350 g/mol. The Hall–Kier alpha value is -2.96. The van der Waals surface area contributed by atoms with Crippen molar-refractivity contribution in [2.24, 2.45) is 5.92 Å². The number of piperidine rings is 1. The molecule has 1 aliphatic heterocycles. The summed E-state index contributed by atoms with van der Waals surface area (Å²) in [5.41, 5.74) is 3.10. The molecule has 0 radical (unpaired) electrons. The van der Waals surface area contributed by atoms with Crippen molar-refractivity contribution in [3.63, 3.8) is 0 Å². The first kappa shape index (κ1) is 16.5. The molecule has 134 valence electrons. The lowest BCUT2D eigenvalue weighted by atomic mass is 9.95. The maximum Gasteiger partial charge on any atom is 0.223 e. The normalized spacial score (nSPS) is 15.3. The van der Waals surface area contributed by atoms with Crippen LogP contribution in [0.3, 0.4) is 0 Å². The molecule has 26 heavy (non-hydrogen) atoms. The molecule has 0 atom stereocenters. The Kier molecular flexibility index (Phi) is 4.51. The number of carbonyl (C=O) groups excluding carboxylic acids is 1. The van der Waals surface area contributed by atoms with E-state index in [-0.39, 0.29) is 11.8 Å². The number of aromatic amines is 1. The molecule has 7 heteroatoms. The number of rotatable bonds is 4. The number of nitrogens with zero attached hydrogens (tertiary/aromatic N) is 4. The molecule has 1 fully saturated rings. The van der Waals surface area contributed by atoms with E-state index in [4.69, 9.17) is 0 Å². The number of amides is 1. The van der Waals surface area contributed by atoms with Crippen LogP contribution in [0.15, 0.2) is 36.8 Å². The standard InChI is InChI=1S/C19H22N6O/c1-13-2-4-14(5-3-13)10-20-19(26)15-6-8-25(9-7-15)18-16-11-23-24-17(16)21-12-22-18/h2-5,11-12,15H,6-10H2,1H3,(H,20,26)(H,21,22,23,24). The van der Waals surface area contributed by atoms with E-state index in [1.54, 1.807) is 12.5 Å². The van der Waals surface area contributed by atoms with Gasteiger partial charge in [-0.25, -0.2) is 9.97 Å². The van der Waals surface area contributed by atoms with E-state index in [1.165, 1.54) is 5.56 Å². The third-order valence-electron chi connectivity index (χ3n) is 4.98. The van der Waals surface area contributed by atoms with Crippen LogP contribution in [0.1, 0.15) is 24.0 Å². The van der Waals surface area contributed by atoms with Gasteiger partial charge in [0.15, 0.2) is 5.65 Å². The number of H-pyrrole nitrogens is 1. The summed E-state index contributed by atoms with van der Waals surface area (Å²) in [6, 6.07) is 8.25. The molecule has 1 saturated heterocycles. The van der Waals surface area contributed by atoms with E-state index in [0.717, 1.165) is 48.3 Å². The van der Waals surface area contributed by atoms with Crippen LogP contribution in [0, 0.1) is 12.8 Å². The third-order valence-corrected chi connectivity index (χ3v) is 4.98. The van der Waals surface area contributed by atoms with Gasteiger partial charge in [-0.15, -0.1) is 0 Å². The molecule has 0 spiro atoms. The SMILES string of the molecule is Cc1ccc(CNC(=O)C2CCN(c3ncnc4[nH]ncc34)CC2)cc1. The number of carbonyl (C=O) groups is 1. The summed E-state index contributed by atoms with van der Waals surface area (Å²) >= 11 is 0. The molecule has 4 rings (SSSR count).